The molecule has 2 N–H and O–H groups in total. The molecular weight excluding hydrogens is 280 g/mol. The van der Waals surface area contributed by atoms with Crippen LogP contribution in [0.2, 0.25) is 0 Å². The van der Waals surface area contributed by atoms with Crippen molar-refractivity contribution in [2.24, 2.45) is 5.92 Å². The van der Waals surface area contributed by atoms with Crippen molar-refractivity contribution in [1.82, 2.24) is 4.31 Å². The van der Waals surface area contributed by atoms with Crippen LogP contribution in [0.4, 0.5) is 5.69 Å². The van der Waals surface area contributed by atoms with E-state index in [9.17, 15) is 13.2 Å². The van der Waals surface area contributed by atoms with E-state index in [1.54, 1.807) is 24.3 Å². The molecule has 112 valence electrons. The summed E-state index contributed by atoms with van der Waals surface area (Å²) in [4.78, 5) is 11.0. The minimum Gasteiger partial charge on any atom is -0.481 e. The first kappa shape index (κ1) is 16.5. The molecule has 0 aliphatic carbocycles. The lowest BCUT2D eigenvalue weighted by Gasteiger charge is -2.14. The SMILES string of the molecule is CC[C@H](Cc1ccc(NS(=O)(=O)N(C)C)cc1)C(=O)O. The highest BCUT2D eigenvalue weighted by molar-refractivity contribution is 7.90. The van der Waals surface area contributed by atoms with Crippen molar-refractivity contribution >= 4 is 21.9 Å². The molecular formula is C13H20N2O4S. The van der Waals surface area contributed by atoms with Crippen molar-refractivity contribution in [3.05, 3.63) is 29.8 Å². The van der Waals surface area contributed by atoms with Gasteiger partial charge < -0.3 is 5.11 Å². The molecule has 20 heavy (non-hydrogen) atoms. The predicted octanol–water partition coefficient (Wildman–Crippen LogP) is 1.56. The zero-order valence-electron chi connectivity index (χ0n) is 11.8. The number of anilines is 1. The van der Waals surface area contributed by atoms with Crippen LogP contribution in [0.5, 0.6) is 0 Å². The maximum absolute atomic E-state index is 11.6. The number of benzene rings is 1. The second-order valence-electron chi connectivity index (χ2n) is 4.73. The third-order valence-electron chi connectivity index (χ3n) is 3.01. The Kier molecular flexibility index (Phi) is 5.52. The van der Waals surface area contributed by atoms with Crippen LogP contribution in [0.3, 0.4) is 0 Å². The van der Waals surface area contributed by atoms with Crippen molar-refractivity contribution in [3.63, 3.8) is 0 Å². The maximum Gasteiger partial charge on any atom is 0.306 e. The van der Waals surface area contributed by atoms with Crippen LogP contribution < -0.4 is 4.72 Å². The number of carboxylic acids is 1. The topological polar surface area (TPSA) is 86.7 Å². The second-order valence-corrected chi connectivity index (χ2v) is 6.62. The second kappa shape index (κ2) is 6.71. The first-order chi connectivity index (χ1) is 9.26. The first-order valence-corrected chi connectivity index (χ1v) is 7.72. The molecule has 0 aliphatic heterocycles. The summed E-state index contributed by atoms with van der Waals surface area (Å²) in [7, 11) is -0.636. The van der Waals surface area contributed by atoms with Crippen LogP contribution in [0.1, 0.15) is 18.9 Å². The zero-order valence-corrected chi connectivity index (χ0v) is 12.6. The van der Waals surface area contributed by atoms with Crippen molar-refractivity contribution in [2.45, 2.75) is 19.8 Å². The standard InChI is InChI=1S/C13H20N2O4S/c1-4-11(13(16)17)9-10-5-7-12(8-6-10)14-20(18,19)15(2)3/h5-8,11,14H,4,9H2,1-3H3,(H,16,17)/t11-/m1/s1. The molecule has 0 aromatic heterocycles. The average molecular weight is 300 g/mol. The van der Waals surface area contributed by atoms with Gasteiger partial charge in [-0.15, -0.1) is 0 Å². The van der Waals surface area contributed by atoms with E-state index in [-0.39, 0.29) is 0 Å². The highest BCUT2D eigenvalue weighted by Crippen LogP contribution is 2.16. The summed E-state index contributed by atoms with van der Waals surface area (Å²) in [5.74, 6) is -1.23. The lowest BCUT2D eigenvalue weighted by Crippen LogP contribution is -2.28. The van der Waals surface area contributed by atoms with Crippen LogP contribution in [-0.2, 0) is 21.4 Å². The molecule has 0 fully saturated rings. The van der Waals surface area contributed by atoms with E-state index in [0.29, 0.717) is 18.5 Å². The Labute approximate surface area is 119 Å². The normalized spacial score (nSPS) is 13.2. The lowest BCUT2D eigenvalue weighted by atomic mass is 9.97. The summed E-state index contributed by atoms with van der Waals surface area (Å²) >= 11 is 0. The fraction of sp³-hybridized carbons (Fsp3) is 0.462. The Hall–Kier alpha value is -1.60. The van der Waals surface area contributed by atoms with Crippen molar-refractivity contribution < 1.29 is 18.3 Å². The number of carbonyl (C=O) groups is 1. The van der Waals surface area contributed by atoms with Gasteiger partial charge in [0.15, 0.2) is 0 Å². The molecule has 6 nitrogen and oxygen atoms in total. The van der Waals surface area contributed by atoms with E-state index < -0.39 is 22.1 Å². The molecule has 0 saturated heterocycles. The molecule has 0 bridgehead atoms. The van der Waals surface area contributed by atoms with Crippen LogP contribution in [-0.4, -0.2) is 37.9 Å². The summed E-state index contributed by atoms with van der Waals surface area (Å²) in [5, 5.41) is 9.01. The molecule has 7 heteroatoms. The molecule has 0 aliphatic rings. The van der Waals surface area contributed by atoms with Gasteiger partial charge in [-0.2, -0.15) is 12.7 Å². The molecule has 1 atom stereocenters. The molecule has 0 spiro atoms. The van der Waals surface area contributed by atoms with E-state index in [0.717, 1.165) is 9.87 Å². The van der Waals surface area contributed by atoms with Gasteiger partial charge in [-0.3, -0.25) is 9.52 Å². The number of nitrogens with zero attached hydrogens (tertiary/aromatic N) is 1. The zero-order chi connectivity index (χ0) is 15.3. The van der Waals surface area contributed by atoms with Gasteiger partial charge in [0.2, 0.25) is 0 Å². The molecule has 1 aromatic carbocycles. The lowest BCUT2D eigenvalue weighted by molar-refractivity contribution is -0.141. The maximum atomic E-state index is 11.6. The molecule has 0 saturated carbocycles. The van der Waals surface area contributed by atoms with Gasteiger partial charge in [0.25, 0.3) is 0 Å². The Balaban J connectivity index is 2.77. The van der Waals surface area contributed by atoms with Gasteiger partial charge in [0.1, 0.15) is 0 Å². The summed E-state index contributed by atoms with van der Waals surface area (Å²) in [6.07, 6.45) is 0.997. The monoisotopic (exact) mass is 300 g/mol. The van der Waals surface area contributed by atoms with Gasteiger partial charge in [-0.05, 0) is 30.5 Å². The Morgan fingerprint density at radius 3 is 2.25 bits per heavy atom. The molecule has 0 amide bonds. The minimum atomic E-state index is -3.52. The quantitative estimate of drug-likeness (QED) is 0.800. The Morgan fingerprint density at radius 2 is 1.85 bits per heavy atom. The van der Waals surface area contributed by atoms with E-state index >= 15 is 0 Å². The molecule has 0 radical (unpaired) electrons. The highest BCUT2D eigenvalue weighted by atomic mass is 32.2. The predicted molar refractivity (Wildman–Crippen MR) is 77.8 cm³/mol. The number of nitrogens with one attached hydrogen (secondary N) is 1. The third kappa shape index (κ3) is 4.50. The largest absolute Gasteiger partial charge is 0.481 e. The van der Waals surface area contributed by atoms with Crippen molar-refractivity contribution in [3.8, 4) is 0 Å². The average Bonchev–Trinajstić information content (AvgIpc) is 2.36. The van der Waals surface area contributed by atoms with Gasteiger partial charge in [-0.1, -0.05) is 19.1 Å². The number of rotatable bonds is 7. The summed E-state index contributed by atoms with van der Waals surface area (Å²) in [5.41, 5.74) is 1.32. The van der Waals surface area contributed by atoms with Gasteiger partial charge in [-0.25, -0.2) is 0 Å². The van der Waals surface area contributed by atoms with Gasteiger partial charge >= 0.3 is 16.2 Å². The van der Waals surface area contributed by atoms with Gasteiger partial charge in [0.05, 0.1) is 5.92 Å². The van der Waals surface area contributed by atoms with Crippen molar-refractivity contribution in [2.75, 3.05) is 18.8 Å². The minimum absolute atomic E-state index is 0.417. The van der Waals surface area contributed by atoms with Crippen LogP contribution in [0.15, 0.2) is 24.3 Å². The summed E-state index contributed by atoms with van der Waals surface area (Å²) in [6.45, 7) is 1.83. The van der Waals surface area contributed by atoms with E-state index in [2.05, 4.69) is 4.72 Å². The van der Waals surface area contributed by atoms with E-state index in [1.807, 2.05) is 6.92 Å². The van der Waals surface area contributed by atoms with Crippen LogP contribution in [0, 0.1) is 5.92 Å². The summed E-state index contributed by atoms with van der Waals surface area (Å²) < 4.78 is 26.8. The Bertz CT molecular complexity index is 552. The molecule has 1 rings (SSSR count). The highest BCUT2D eigenvalue weighted by Gasteiger charge is 2.16. The molecule has 1 aromatic rings. The smallest absolute Gasteiger partial charge is 0.306 e. The number of hydrogen-bond donors (Lipinski definition) is 2. The fourth-order valence-electron chi connectivity index (χ4n) is 1.64. The summed E-state index contributed by atoms with van der Waals surface area (Å²) in [6, 6.07) is 6.73. The van der Waals surface area contributed by atoms with Crippen LogP contribution >= 0.6 is 0 Å². The fourth-order valence-corrected chi connectivity index (χ4v) is 2.26. The van der Waals surface area contributed by atoms with Gasteiger partial charge in [0, 0.05) is 19.8 Å². The number of aliphatic carboxylic acids is 1. The van der Waals surface area contributed by atoms with E-state index in [1.165, 1.54) is 14.1 Å². The number of carboxylic acid groups (broad SMARTS) is 1. The third-order valence-corrected chi connectivity index (χ3v) is 4.46. The first-order valence-electron chi connectivity index (χ1n) is 6.28. The molecule has 0 heterocycles. The molecule has 0 unspecified atom stereocenters. The van der Waals surface area contributed by atoms with E-state index in [4.69, 9.17) is 5.11 Å². The Morgan fingerprint density at radius 1 is 1.30 bits per heavy atom. The van der Waals surface area contributed by atoms with Crippen molar-refractivity contribution in [1.29, 1.82) is 0 Å². The number of hydrogen-bond acceptors (Lipinski definition) is 3. The van der Waals surface area contributed by atoms with Crippen LogP contribution in [0.25, 0.3) is 0 Å².